The molecule has 20 heavy (non-hydrogen) atoms. The number of aliphatic carboxylic acids is 1. The van der Waals surface area contributed by atoms with Gasteiger partial charge < -0.3 is 10.4 Å². The summed E-state index contributed by atoms with van der Waals surface area (Å²) in [5.74, 6) is -0.797. The van der Waals surface area contributed by atoms with Crippen LogP contribution in [0.15, 0.2) is 11.4 Å². The molecule has 1 aromatic heterocycles. The van der Waals surface area contributed by atoms with E-state index in [1.807, 2.05) is 12.3 Å². The molecular formula is C15H21NO3S. The van der Waals surface area contributed by atoms with Crippen LogP contribution in [0.25, 0.3) is 0 Å². The standard InChI is InChI=1S/C15H21NO3S/c1-3-4-5-12(15(18)19)16-14(17)11-8-10(11)13-9(2)6-7-20-13/h6-7,10-12H,3-5,8H2,1-2H3,(H,16,17)(H,18,19). The van der Waals surface area contributed by atoms with Crippen molar-refractivity contribution in [3.63, 3.8) is 0 Å². The third kappa shape index (κ3) is 3.39. The Morgan fingerprint density at radius 1 is 1.55 bits per heavy atom. The minimum absolute atomic E-state index is 0.0455. The van der Waals surface area contributed by atoms with Gasteiger partial charge in [-0.25, -0.2) is 4.79 Å². The summed E-state index contributed by atoms with van der Waals surface area (Å²) >= 11 is 1.68. The largest absolute Gasteiger partial charge is 0.480 e. The van der Waals surface area contributed by atoms with Crippen LogP contribution in [0.4, 0.5) is 0 Å². The summed E-state index contributed by atoms with van der Waals surface area (Å²) in [5, 5.41) is 13.9. The molecule has 2 rings (SSSR count). The lowest BCUT2D eigenvalue weighted by atomic mass is 10.1. The maximum atomic E-state index is 12.1. The fourth-order valence-corrected chi connectivity index (χ4v) is 3.59. The van der Waals surface area contributed by atoms with Gasteiger partial charge in [0.2, 0.25) is 5.91 Å². The van der Waals surface area contributed by atoms with Gasteiger partial charge >= 0.3 is 5.97 Å². The second kappa shape index (κ2) is 6.39. The van der Waals surface area contributed by atoms with Gasteiger partial charge in [0.1, 0.15) is 6.04 Å². The molecule has 110 valence electrons. The predicted octanol–water partition coefficient (Wildman–Crippen LogP) is 2.92. The van der Waals surface area contributed by atoms with E-state index in [-0.39, 0.29) is 17.7 Å². The van der Waals surface area contributed by atoms with E-state index in [0.717, 1.165) is 19.3 Å². The highest BCUT2D eigenvalue weighted by Gasteiger charge is 2.46. The number of carboxylic acid groups (broad SMARTS) is 1. The molecule has 1 aliphatic carbocycles. The Morgan fingerprint density at radius 2 is 2.30 bits per heavy atom. The number of carbonyl (C=O) groups is 2. The van der Waals surface area contributed by atoms with Crippen LogP contribution in [0.3, 0.4) is 0 Å². The topological polar surface area (TPSA) is 66.4 Å². The first kappa shape index (κ1) is 15.0. The minimum Gasteiger partial charge on any atom is -0.480 e. The molecule has 1 saturated carbocycles. The van der Waals surface area contributed by atoms with Crippen LogP contribution in [-0.2, 0) is 9.59 Å². The molecule has 2 N–H and O–H groups in total. The molecule has 0 saturated heterocycles. The summed E-state index contributed by atoms with van der Waals surface area (Å²) in [4.78, 5) is 24.5. The van der Waals surface area contributed by atoms with Crippen LogP contribution in [0.1, 0.15) is 49.0 Å². The predicted molar refractivity (Wildman–Crippen MR) is 79.0 cm³/mol. The molecule has 1 fully saturated rings. The summed E-state index contributed by atoms with van der Waals surface area (Å²) in [6.07, 6.45) is 3.09. The molecule has 5 heteroatoms. The molecule has 1 aromatic rings. The third-order valence-electron chi connectivity index (χ3n) is 3.83. The molecule has 1 amide bonds. The molecular weight excluding hydrogens is 274 g/mol. The molecule has 0 spiro atoms. The zero-order valence-corrected chi connectivity index (χ0v) is 12.7. The Balaban J connectivity index is 1.89. The number of amides is 1. The number of hydrogen-bond donors (Lipinski definition) is 2. The molecule has 1 aliphatic rings. The highest BCUT2D eigenvalue weighted by atomic mass is 32.1. The fourth-order valence-electron chi connectivity index (χ4n) is 2.48. The van der Waals surface area contributed by atoms with Crippen LogP contribution < -0.4 is 5.32 Å². The van der Waals surface area contributed by atoms with E-state index in [1.165, 1.54) is 10.4 Å². The number of thiophene rings is 1. The Kier molecular flexibility index (Phi) is 4.81. The van der Waals surface area contributed by atoms with Crippen LogP contribution >= 0.6 is 11.3 Å². The van der Waals surface area contributed by atoms with E-state index in [2.05, 4.69) is 18.3 Å². The van der Waals surface area contributed by atoms with Crippen LogP contribution in [0.5, 0.6) is 0 Å². The summed E-state index contributed by atoms with van der Waals surface area (Å²) in [5.41, 5.74) is 1.23. The second-order valence-corrected chi connectivity index (χ2v) is 6.41. The molecule has 3 unspecified atom stereocenters. The number of carboxylic acids is 1. The Labute approximate surface area is 123 Å². The van der Waals surface area contributed by atoms with Gasteiger partial charge in [-0.15, -0.1) is 11.3 Å². The van der Waals surface area contributed by atoms with Crippen molar-refractivity contribution in [2.24, 2.45) is 5.92 Å². The lowest BCUT2D eigenvalue weighted by Crippen LogP contribution is -2.41. The number of nitrogens with one attached hydrogen (secondary N) is 1. The molecule has 0 aromatic carbocycles. The Bertz CT molecular complexity index is 497. The third-order valence-corrected chi connectivity index (χ3v) is 4.98. The van der Waals surface area contributed by atoms with E-state index in [9.17, 15) is 9.59 Å². The van der Waals surface area contributed by atoms with Crippen LogP contribution in [0.2, 0.25) is 0 Å². The van der Waals surface area contributed by atoms with Crippen molar-refractivity contribution < 1.29 is 14.7 Å². The smallest absolute Gasteiger partial charge is 0.326 e. The van der Waals surface area contributed by atoms with Crippen molar-refractivity contribution in [1.82, 2.24) is 5.32 Å². The van der Waals surface area contributed by atoms with Gasteiger partial charge in [0, 0.05) is 16.7 Å². The average Bonchev–Trinajstić information content (AvgIpc) is 3.09. The van der Waals surface area contributed by atoms with Gasteiger partial charge in [-0.05, 0) is 36.8 Å². The first-order valence-electron chi connectivity index (χ1n) is 7.11. The number of carbonyl (C=O) groups excluding carboxylic acids is 1. The van der Waals surface area contributed by atoms with Crippen LogP contribution in [-0.4, -0.2) is 23.0 Å². The molecule has 3 atom stereocenters. The summed E-state index contributed by atoms with van der Waals surface area (Å²) in [6.45, 7) is 4.07. The molecule has 1 heterocycles. The van der Waals surface area contributed by atoms with E-state index in [4.69, 9.17) is 5.11 Å². The van der Waals surface area contributed by atoms with Crippen molar-refractivity contribution in [2.75, 3.05) is 0 Å². The van der Waals surface area contributed by atoms with Crippen LogP contribution in [0, 0.1) is 12.8 Å². The van der Waals surface area contributed by atoms with Crippen molar-refractivity contribution in [1.29, 1.82) is 0 Å². The highest BCUT2D eigenvalue weighted by Crippen LogP contribution is 2.50. The summed E-state index contributed by atoms with van der Waals surface area (Å²) < 4.78 is 0. The number of aryl methyl sites for hydroxylation is 1. The number of hydrogen-bond acceptors (Lipinski definition) is 3. The van der Waals surface area contributed by atoms with Gasteiger partial charge in [0.25, 0.3) is 0 Å². The zero-order valence-electron chi connectivity index (χ0n) is 11.9. The van der Waals surface area contributed by atoms with Crippen molar-refractivity contribution in [3.8, 4) is 0 Å². The van der Waals surface area contributed by atoms with E-state index >= 15 is 0 Å². The number of rotatable bonds is 7. The SMILES string of the molecule is CCCCC(NC(=O)C1CC1c1sccc1C)C(=O)O. The van der Waals surface area contributed by atoms with E-state index < -0.39 is 12.0 Å². The van der Waals surface area contributed by atoms with Gasteiger partial charge in [0.15, 0.2) is 0 Å². The van der Waals surface area contributed by atoms with E-state index in [0.29, 0.717) is 6.42 Å². The maximum Gasteiger partial charge on any atom is 0.326 e. The summed E-state index contributed by atoms with van der Waals surface area (Å²) in [7, 11) is 0. The average molecular weight is 295 g/mol. The van der Waals surface area contributed by atoms with Gasteiger partial charge in [-0.3, -0.25) is 4.79 Å². The minimum atomic E-state index is -0.934. The lowest BCUT2D eigenvalue weighted by Gasteiger charge is -2.14. The van der Waals surface area contributed by atoms with Crippen molar-refractivity contribution >= 4 is 23.2 Å². The summed E-state index contributed by atoms with van der Waals surface area (Å²) in [6, 6.07) is 1.32. The lowest BCUT2D eigenvalue weighted by molar-refractivity contribution is -0.142. The van der Waals surface area contributed by atoms with Crippen molar-refractivity contribution in [3.05, 3.63) is 21.9 Å². The van der Waals surface area contributed by atoms with Gasteiger partial charge in [-0.2, -0.15) is 0 Å². The van der Waals surface area contributed by atoms with Gasteiger partial charge in [0.05, 0.1) is 0 Å². The molecule has 0 aliphatic heterocycles. The first-order chi connectivity index (χ1) is 9.54. The molecule has 0 bridgehead atoms. The number of unbranched alkanes of at least 4 members (excludes halogenated alkanes) is 1. The Hall–Kier alpha value is -1.36. The normalized spacial score (nSPS) is 22.3. The van der Waals surface area contributed by atoms with Crippen molar-refractivity contribution in [2.45, 2.75) is 51.5 Å². The van der Waals surface area contributed by atoms with Gasteiger partial charge in [-0.1, -0.05) is 19.8 Å². The second-order valence-electron chi connectivity index (χ2n) is 5.46. The molecule has 0 radical (unpaired) electrons. The fraction of sp³-hybridized carbons (Fsp3) is 0.600. The quantitative estimate of drug-likeness (QED) is 0.813. The maximum absolute atomic E-state index is 12.1. The Morgan fingerprint density at radius 3 is 2.85 bits per heavy atom. The zero-order chi connectivity index (χ0) is 14.7. The highest BCUT2D eigenvalue weighted by molar-refractivity contribution is 7.10. The first-order valence-corrected chi connectivity index (χ1v) is 7.99. The van der Waals surface area contributed by atoms with E-state index in [1.54, 1.807) is 11.3 Å². The molecule has 4 nitrogen and oxygen atoms in total. The monoisotopic (exact) mass is 295 g/mol.